The molecular weight excluding hydrogens is 484 g/mol. The van der Waals surface area contributed by atoms with Crippen LogP contribution < -0.4 is 20.1 Å². The van der Waals surface area contributed by atoms with Crippen molar-refractivity contribution in [2.75, 3.05) is 20.3 Å². The Morgan fingerprint density at radius 1 is 0.947 bits per heavy atom. The molecule has 1 saturated carbocycles. The third kappa shape index (κ3) is 10.4. The Hall–Kier alpha value is -3.55. The molecule has 8 heteroatoms. The summed E-state index contributed by atoms with van der Waals surface area (Å²) < 4.78 is 10.8. The van der Waals surface area contributed by atoms with Gasteiger partial charge in [0.1, 0.15) is 17.5 Å². The van der Waals surface area contributed by atoms with Gasteiger partial charge in [-0.1, -0.05) is 49.9 Å². The van der Waals surface area contributed by atoms with Crippen LogP contribution in [-0.4, -0.2) is 49.2 Å². The summed E-state index contributed by atoms with van der Waals surface area (Å²) in [6.45, 7) is 0.782. The van der Waals surface area contributed by atoms with Crippen molar-refractivity contribution in [1.82, 2.24) is 10.6 Å². The van der Waals surface area contributed by atoms with E-state index in [1.54, 1.807) is 19.2 Å². The van der Waals surface area contributed by atoms with E-state index in [1.165, 1.54) is 25.7 Å². The van der Waals surface area contributed by atoms with E-state index in [2.05, 4.69) is 10.6 Å². The maximum atomic E-state index is 13.1. The van der Waals surface area contributed by atoms with E-state index >= 15 is 0 Å². The summed E-state index contributed by atoms with van der Waals surface area (Å²) in [6.07, 6.45) is 7.69. The van der Waals surface area contributed by atoms with Crippen LogP contribution in [-0.2, 0) is 27.2 Å². The lowest BCUT2D eigenvalue weighted by Crippen LogP contribution is -2.48. The lowest BCUT2D eigenvalue weighted by Gasteiger charge is -2.20. The van der Waals surface area contributed by atoms with Crippen LogP contribution in [0.1, 0.15) is 62.5 Å². The van der Waals surface area contributed by atoms with Gasteiger partial charge >= 0.3 is 5.97 Å². The molecule has 0 aliphatic heterocycles. The van der Waals surface area contributed by atoms with Crippen molar-refractivity contribution in [1.29, 1.82) is 0 Å². The lowest BCUT2D eigenvalue weighted by atomic mass is 10.0. The van der Waals surface area contributed by atoms with Crippen LogP contribution in [0.3, 0.4) is 0 Å². The molecule has 0 radical (unpaired) electrons. The third-order valence-corrected chi connectivity index (χ3v) is 6.94. The fourth-order valence-electron chi connectivity index (χ4n) is 4.73. The first-order valence-electron chi connectivity index (χ1n) is 13.6. The van der Waals surface area contributed by atoms with Crippen LogP contribution in [0.2, 0.25) is 0 Å². The number of hydrogen-bond donors (Lipinski definition) is 3. The summed E-state index contributed by atoms with van der Waals surface area (Å²) >= 11 is 0. The molecule has 1 fully saturated rings. The highest BCUT2D eigenvalue weighted by atomic mass is 16.5. The molecule has 0 aromatic heterocycles. The van der Waals surface area contributed by atoms with Gasteiger partial charge in [0.15, 0.2) is 0 Å². The highest BCUT2D eigenvalue weighted by Crippen LogP contribution is 2.28. The quantitative estimate of drug-likeness (QED) is 0.282. The molecule has 0 heterocycles. The molecule has 0 spiro atoms. The van der Waals surface area contributed by atoms with Gasteiger partial charge < -0.3 is 25.2 Å². The molecular formula is C30H40N2O6. The van der Waals surface area contributed by atoms with Crippen molar-refractivity contribution in [3.05, 3.63) is 59.7 Å². The van der Waals surface area contributed by atoms with E-state index in [-0.39, 0.29) is 18.2 Å². The Balaban J connectivity index is 1.54. The van der Waals surface area contributed by atoms with E-state index < -0.39 is 12.0 Å². The number of carbonyl (C=O) groups is 3. The van der Waals surface area contributed by atoms with Gasteiger partial charge in [-0.25, -0.2) is 0 Å². The zero-order chi connectivity index (χ0) is 27.2. The molecule has 0 bridgehead atoms. The third-order valence-electron chi connectivity index (χ3n) is 6.94. The summed E-state index contributed by atoms with van der Waals surface area (Å²) in [7, 11) is 1.63. The molecule has 0 unspecified atom stereocenters. The zero-order valence-electron chi connectivity index (χ0n) is 22.2. The molecule has 3 rings (SSSR count). The van der Waals surface area contributed by atoms with Crippen molar-refractivity contribution in [2.24, 2.45) is 5.92 Å². The van der Waals surface area contributed by atoms with Crippen molar-refractivity contribution >= 4 is 17.8 Å². The van der Waals surface area contributed by atoms with Gasteiger partial charge in [0.25, 0.3) is 0 Å². The first kappa shape index (κ1) is 29.0. The van der Waals surface area contributed by atoms with E-state index in [4.69, 9.17) is 14.6 Å². The largest absolute Gasteiger partial charge is 0.497 e. The molecule has 1 aliphatic rings. The Morgan fingerprint density at radius 3 is 2.26 bits per heavy atom. The van der Waals surface area contributed by atoms with E-state index in [0.29, 0.717) is 50.5 Å². The fourth-order valence-corrected chi connectivity index (χ4v) is 4.73. The molecule has 2 aromatic rings. The Kier molecular flexibility index (Phi) is 11.9. The van der Waals surface area contributed by atoms with Crippen LogP contribution in [0.5, 0.6) is 11.5 Å². The summed E-state index contributed by atoms with van der Waals surface area (Å²) in [5.41, 5.74) is 1.98. The predicted octanol–water partition coefficient (Wildman–Crippen LogP) is 4.30. The molecule has 2 amide bonds. The normalized spacial score (nSPS) is 14.0. The summed E-state index contributed by atoms with van der Waals surface area (Å²) in [4.78, 5) is 36.5. The molecule has 0 saturated heterocycles. The zero-order valence-corrected chi connectivity index (χ0v) is 22.2. The standard InChI is InChI=1S/C30H40N2O6/c1-37-25-13-8-23(9-14-25)18-19-31-30(36)27(32-28(33)17-12-22-5-2-3-6-22)21-24-10-15-26(16-11-24)38-20-4-7-29(34)35/h8-11,13-16,22,27H,2-7,12,17-21H2,1H3,(H,31,36)(H,32,33)(H,34,35)/t27-/m0/s1. The minimum absolute atomic E-state index is 0.0633. The Labute approximate surface area is 225 Å². The topological polar surface area (TPSA) is 114 Å². The minimum Gasteiger partial charge on any atom is -0.497 e. The summed E-state index contributed by atoms with van der Waals surface area (Å²) in [6, 6.07) is 14.4. The first-order chi connectivity index (χ1) is 18.4. The second-order valence-corrected chi connectivity index (χ2v) is 9.89. The number of benzene rings is 2. The number of methoxy groups -OCH3 is 1. The van der Waals surface area contributed by atoms with Crippen LogP contribution in [0.25, 0.3) is 0 Å². The van der Waals surface area contributed by atoms with E-state index in [9.17, 15) is 14.4 Å². The number of rotatable bonds is 16. The minimum atomic E-state index is -0.845. The fraction of sp³-hybridized carbons (Fsp3) is 0.500. The van der Waals surface area contributed by atoms with Crippen molar-refractivity contribution in [3.8, 4) is 11.5 Å². The van der Waals surface area contributed by atoms with Gasteiger partial charge in [-0.2, -0.15) is 0 Å². The highest BCUT2D eigenvalue weighted by Gasteiger charge is 2.22. The van der Waals surface area contributed by atoms with Crippen molar-refractivity contribution in [3.63, 3.8) is 0 Å². The monoisotopic (exact) mass is 524 g/mol. The molecule has 3 N–H and O–H groups in total. The maximum absolute atomic E-state index is 13.1. The number of aliphatic carboxylic acids is 1. The Bertz CT molecular complexity index is 1020. The smallest absolute Gasteiger partial charge is 0.303 e. The molecule has 8 nitrogen and oxygen atoms in total. The second-order valence-electron chi connectivity index (χ2n) is 9.89. The van der Waals surface area contributed by atoms with E-state index in [1.807, 2.05) is 36.4 Å². The molecule has 1 atom stereocenters. The van der Waals surface area contributed by atoms with Crippen LogP contribution in [0.15, 0.2) is 48.5 Å². The number of carboxylic acids is 1. The SMILES string of the molecule is COc1ccc(CCNC(=O)[C@H](Cc2ccc(OCCCC(=O)O)cc2)NC(=O)CCC2CCCC2)cc1. The number of ether oxygens (including phenoxy) is 2. The number of hydrogen-bond acceptors (Lipinski definition) is 5. The lowest BCUT2D eigenvalue weighted by molar-refractivity contribution is -0.137. The number of nitrogens with one attached hydrogen (secondary N) is 2. The van der Waals surface area contributed by atoms with Gasteiger partial charge in [-0.3, -0.25) is 14.4 Å². The number of amides is 2. The second kappa shape index (κ2) is 15.6. The van der Waals surface area contributed by atoms with E-state index in [0.717, 1.165) is 23.3 Å². The van der Waals surface area contributed by atoms with Crippen LogP contribution in [0.4, 0.5) is 0 Å². The molecule has 38 heavy (non-hydrogen) atoms. The van der Waals surface area contributed by atoms with Gasteiger partial charge in [0.2, 0.25) is 11.8 Å². The number of carbonyl (C=O) groups excluding carboxylic acids is 2. The Morgan fingerprint density at radius 2 is 1.61 bits per heavy atom. The first-order valence-corrected chi connectivity index (χ1v) is 13.6. The molecule has 2 aromatic carbocycles. The summed E-state index contributed by atoms with van der Waals surface area (Å²) in [5, 5.41) is 14.7. The van der Waals surface area contributed by atoms with Crippen molar-refractivity contribution in [2.45, 2.75) is 70.3 Å². The number of carboxylic acid groups (broad SMARTS) is 1. The predicted molar refractivity (Wildman–Crippen MR) is 145 cm³/mol. The van der Waals surface area contributed by atoms with Gasteiger partial charge in [-0.05, 0) is 60.6 Å². The average Bonchev–Trinajstić information content (AvgIpc) is 3.44. The van der Waals surface area contributed by atoms with Crippen LogP contribution >= 0.6 is 0 Å². The highest BCUT2D eigenvalue weighted by molar-refractivity contribution is 5.87. The van der Waals surface area contributed by atoms with Gasteiger partial charge in [0.05, 0.1) is 13.7 Å². The van der Waals surface area contributed by atoms with Crippen molar-refractivity contribution < 1.29 is 29.0 Å². The van der Waals surface area contributed by atoms with Crippen LogP contribution in [0, 0.1) is 5.92 Å². The average molecular weight is 525 g/mol. The van der Waals surface area contributed by atoms with Gasteiger partial charge in [-0.15, -0.1) is 0 Å². The maximum Gasteiger partial charge on any atom is 0.303 e. The molecule has 206 valence electrons. The summed E-state index contributed by atoms with van der Waals surface area (Å²) in [5.74, 6) is 0.894. The van der Waals surface area contributed by atoms with Gasteiger partial charge in [0, 0.05) is 25.8 Å². The molecule has 1 aliphatic carbocycles.